The lowest BCUT2D eigenvalue weighted by Gasteiger charge is -2.12. The van der Waals surface area contributed by atoms with Crippen LogP contribution in [-0.2, 0) is 15.8 Å². The molecule has 0 N–H and O–H groups in total. The molecule has 66 valence electrons. The quantitative estimate of drug-likeness (QED) is 0.703. The zero-order chi connectivity index (χ0) is 9.03. The minimum Gasteiger partial charge on any atom is -0.551 e. The van der Waals surface area contributed by atoms with E-state index in [1.165, 1.54) is 13.2 Å². The molecule has 0 spiro atoms. The summed E-state index contributed by atoms with van der Waals surface area (Å²) in [5.74, 6) is -0.0721. The lowest BCUT2D eigenvalue weighted by molar-refractivity contribution is 0.602. The minimum atomic E-state index is -3.29. The van der Waals surface area contributed by atoms with Crippen molar-refractivity contribution in [3.05, 3.63) is 34.8 Å². The average Bonchev–Trinajstić information content (AvgIpc) is 2.06. The number of aromatic nitrogens is 1. The highest BCUT2D eigenvalue weighted by Gasteiger charge is 1.99. The highest BCUT2D eigenvalue weighted by Crippen LogP contribution is 2.07. The van der Waals surface area contributed by atoms with Gasteiger partial charge in [0.1, 0.15) is 0 Å². The van der Waals surface area contributed by atoms with Crippen LogP contribution >= 0.6 is 0 Å². The molecule has 0 atom stereocenters. The van der Waals surface area contributed by atoms with Gasteiger partial charge in [0.05, 0.1) is 15.8 Å². The van der Waals surface area contributed by atoms with Crippen molar-refractivity contribution < 1.29 is 8.42 Å². The van der Waals surface area contributed by atoms with E-state index in [1.54, 1.807) is 18.3 Å². The summed E-state index contributed by atoms with van der Waals surface area (Å²) in [5, 5.41) is 0. The van der Waals surface area contributed by atoms with E-state index in [1.807, 2.05) is 0 Å². The van der Waals surface area contributed by atoms with Crippen molar-refractivity contribution in [2.45, 2.75) is 5.75 Å². The second-order valence-electron chi connectivity index (χ2n) is 2.27. The number of sulfonamides is 1. The Morgan fingerprint density at radius 3 is 2.83 bits per heavy atom. The van der Waals surface area contributed by atoms with E-state index in [9.17, 15) is 8.42 Å². The lowest BCUT2D eigenvalue weighted by atomic mass is 10.3. The van der Waals surface area contributed by atoms with Gasteiger partial charge in [-0.1, -0.05) is 6.07 Å². The van der Waals surface area contributed by atoms with Gasteiger partial charge in [-0.3, -0.25) is 4.98 Å². The molecule has 4 nitrogen and oxygen atoms in total. The molecular formula is C7H9N2O2S-. The standard InChI is InChI=1S/C7H9N2O2S/c1-8-12(10,11)6-7-3-2-4-9-5-7/h2-5H,6H2,1H3/q-1. The Labute approximate surface area is 71.7 Å². The van der Waals surface area contributed by atoms with Crippen LogP contribution in [0.1, 0.15) is 5.56 Å². The molecule has 0 saturated heterocycles. The Bertz CT molecular complexity index is 334. The first kappa shape index (κ1) is 9.15. The summed E-state index contributed by atoms with van der Waals surface area (Å²) in [4.78, 5) is 3.80. The Morgan fingerprint density at radius 2 is 2.33 bits per heavy atom. The van der Waals surface area contributed by atoms with Gasteiger partial charge in [0.25, 0.3) is 0 Å². The molecule has 0 aliphatic rings. The highest BCUT2D eigenvalue weighted by atomic mass is 32.2. The smallest absolute Gasteiger partial charge is 0.0762 e. The molecule has 1 heterocycles. The fourth-order valence-corrected chi connectivity index (χ4v) is 1.48. The van der Waals surface area contributed by atoms with Crippen LogP contribution in [0, 0.1) is 0 Å². The van der Waals surface area contributed by atoms with Crippen LogP contribution in [0.25, 0.3) is 4.72 Å². The van der Waals surface area contributed by atoms with Crippen LogP contribution in [0.5, 0.6) is 0 Å². The molecule has 5 heteroatoms. The molecule has 0 aliphatic heterocycles. The monoisotopic (exact) mass is 185 g/mol. The topological polar surface area (TPSA) is 61.1 Å². The summed E-state index contributed by atoms with van der Waals surface area (Å²) in [7, 11) is -2.02. The van der Waals surface area contributed by atoms with E-state index in [0.29, 0.717) is 5.56 Å². The first-order valence-corrected chi connectivity index (χ1v) is 4.97. The van der Waals surface area contributed by atoms with Crippen LogP contribution in [0.4, 0.5) is 0 Å². The van der Waals surface area contributed by atoms with E-state index in [2.05, 4.69) is 9.71 Å². The van der Waals surface area contributed by atoms with Gasteiger partial charge in [-0.05, 0) is 11.6 Å². The molecule has 0 radical (unpaired) electrons. The summed E-state index contributed by atoms with van der Waals surface area (Å²) in [5.41, 5.74) is 0.656. The third kappa shape index (κ3) is 2.60. The van der Waals surface area contributed by atoms with Crippen LogP contribution in [0.15, 0.2) is 24.5 Å². The van der Waals surface area contributed by atoms with Gasteiger partial charge in [-0.2, -0.15) is 7.05 Å². The Hall–Kier alpha value is -0.940. The molecule has 12 heavy (non-hydrogen) atoms. The Balaban J connectivity index is 2.78. The van der Waals surface area contributed by atoms with Crippen LogP contribution in [0.2, 0.25) is 0 Å². The summed E-state index contributed by atoms with van der Waals surface area (Å²) in [6.07, 6.45) is 3.11. The highest BCUT2D eigenvalue weighted by molar-refractivity contribution is 7.93. The first-order valence-electron chi connectivity index (χ1n) is 3.37. The lowest BCUT2D eigenvalue weighted by Crippen LogP contribution is -2.01. The van der Waals surface area contributed by atoms with E-state index in [-0.39, 0.29) is 5.75 Å². The summed E-state index contributed by atoms with van der Waals surface area (Å²) >= 11 is 0. The number of rotatable bonds is 3. The molecule has 1 aromatic heterocycles. The molecule has 0 bridgehead atoms. The predicted molar refractivity (Wildman–Crippen MR) is 46.1 cm³/mol. The Morgan fingerprint density at radius 1 is 1.58 bits per heavy atom. The maximum atomic E-state index is 11.0. The molecule has 1 aromatic rings. The number of nitrogens with zero attached hydrogens (tertiary/aromatic N) is 2. The molecule has 0 aromatic carbocycles. The van der Waals surface area contributed by atoms with Crippen LogP contribution < -0.4 is 0 Å². The van der Waals surface area contributed by atoms with Crippen molar-refractivity contribution in [2.75, 3.05) is 7.05 Å². The van der Waals surface area contributed by atoms with Crippen molar-refractivity contribution >= 4 is 10.0 Å². The van der Waals surface area contributed by atoms with Gasteiger partial charge in [0.15, 0.2) is 0 Å². The van der Waals surface area contributed by atoms with Crippen molar-refractivity contribution in [1.29, 1.82) is 0 Å². The molecule has 1 rings (SSSR count). The van der Waals surface area contributed by atoms with Crippen molar-refractivity contribution in [3.63, 3.8) is 0 Å². The zero-order valence-electron chi connectivity index (χ0n) is 6.64. The molecule has 0 unspecified atom stereocenters. The molecule has 0 fully saturated rings. The van der Waals surface area contributed by atoms with E-state index in [0.717, 1.165) is 0 Å². The maximum Gasteiger partial charge on any atom is 0.0762 e. The SMILES string of the molecule is C[N-]S(=O)(=O)Cc1cccnc1. The van der Waals surface area contributed by atoms with Gasteiger partial charge in [-0.15, -0.1) is 0 Å². The Kier molecular flexibility index (Phi) is 2.78. The number of hydrogen-bond acceptors (Lipinski definition) is 3. The molecular weight excluding hydrogens is 176 g/mol. The first-order chi connectivity index (χ1) is 5.64. The predicted octanol–water partition coefficient (Wildman–Crippen LogP) is 0.915. The number of hydrogen-bond donors (Lipinski definition) is 0. The molecule has 0 aliphatic carbocycles. The van der Waals surface area contributed by atoms with E-state index in [4.69, 9.17) is 0 Å². The van der Waals surface area contributed by atoms with Gasteiger partial charge >= 0.3 is 0 Å². The van der Waals surface area contributed by atoms with Crippen LogP contribution in [-0.4, -0.2) is 20.4 Å². The fourth-order valence-electron chi connectivity index (χ4n) is 0.759. The largest absolute Gasteiger partial charge is 0.551 e. The van der Waals surface area contributed by atoms with Crippen molar-refractivity contribution in [1.82, 2.24) is 4.98 Å². The van der Waals surface area contributed by atoms with E-state index >= 15 is 0 Å². The summed E-state index contributed by atoms with van der Waals surface area (Å²) in [6, 6.07) is 3.40. The van der Waals surface area contributed by atoms with E-state index < -0.39 is 10.0 Å². The van der Waals surface area contributed by atoms with Gasteiger partial charge in [0.2, 0.25) is 0 Å². The normalized spacial score (nSPS) is 11.4. The number of pyridine rings is 1. The van der Waals surface area contributed by atoms with Gasteiger partial charge in [-0.25, -0.2) is 8.42 Å². The van der Waals surface area contributed by atoms with Crippen LogP contribution in [0.3, 0.4) is 0 Å². The second-order valence-corrected chi connectivity index (χ2v) is 4.09. The van der Waals surface area contributed by atoms with Crippen molar-refractivity contribution in [3.8, 4) is 0 Å². The minimum absolute atomic E-state index is 0.0721. The van der Waals surface area contributed by atoms with Crippen molar-refractivity contribution in [2.24, 2.45) is 0 Å². The fraction of sp³-hybridized carbons (Fsp3) is 0.286. The van der Waals surface area contributed by atoms with Gasteiger partial charge < -0.3 is 4.72 Å². The maximum absolute atomic E-state index is 11.0. The van der Waals surface area contributed by atoms with Gasteiger partial charge in [0, 0.05) is 12.4 Å². The summed E-state index contributed by atoms with van der Waals surface area (Å²) < 4.78 is 25.2. The molecule has 0 amide bonds. The molecule has 0 saturated carbocycles. The third-order valence-corrected chi connectivity index (χ3v) is 2.60. The summed E-state index contributed by atoms with van der Waals surface area (Å²) in [6.45, 7) is 0. The average molecular weight is 185 g/mol. The third-order valence-electron chi connectivity index (χ3n) is 1.35. The second kappa shape index (κ2) is 3.64. The zero-order valence-corrected chi connectivity index (χ0v) is 7.45.